The van der Waals surface area contributed by atoms with Gasteiger partial charge in [0.1, 0.15) is 5.82 Å². The molecule has 150 valence electrons. The molecule has 3 rings (SSSR count). The van der Waals surface area contributed by atoms with Crippen LogP contribution in [0, 0.1) is 5.92 Å². The highest BCUT2D eigenvalue weighted by Crippen LogP contribution is 2.25. The van der Waals surface area contributed by atoms with Crippen LogP contribution in [-0.4, -0.2) is 85.1 Å². The van der Waals surface area contributed by atoms with Crippen LogP contribution < -0.4 is 10.2 Å². The van der Waals surface area contributed by atoms with Crippen LogP contribution in [0.4, 0.5) is 5.82 Å². The standard InChI is InChI=1S/C20H34N6S/c1-16(2)18-15-26(12-13-27-18)20(21-3)23-14-17-6-5-7-22-19(17)25-10-8-24(4)9-11-25/h5-7,16,18H,8-15H2,1-4H3,(H,21,23). The van der Waals surface area contributed by atoms with Gasteiger partial charge in [0, 0.05) is 75.6 Å². The first kappa shape index (κ1) is 20.3. The normalized spacial score (nSPS) is 22.4. The van der Waals surface area contributed by atoms with Gasteiger partial charge in [0.15, 0.2) is 5.96 Å². The van der Waals surface area contributed by atoms with E-state index in [2.05, 4.69) is 68.7 Å². The van der Waals surface area contributed by atoms with E-state index in [0.717, 1.165) is 57.6 Å². The first-order valence-corrected chi connectivity index (χ1v) is 11.1. The van der Waals surface area contributed by atoms with Crippen LogP contribution in [0.3, 0.4) is 0 Å². The maximum absolute atomic E-state index is 4.69. The summed E-state index contributed by atoms with van der Waals surface area (Å²) in [5.74, 6) is 3.98. The van der Waals surface area contributed by atoms with Crippen molar-refractivity contribution in [1.29, 1.82) is 0 Å². The molecule has 0 saturated carbocycles. The van der Waals surface area contributed by atoms with E-state index in [1.807, 2.05) is 19.3 Å². The van der Waals surface area contributed by atoms with Gasteiger partial charge in [-0.25, -0.2) is 4.98 Å². The lowest BCUT2D eigenvalue weighted by Crippen LogP contribution is -2.49. The number of aliphatic imine (C=N–C) groups is 1. The summed E-state index contributed by atoms with van der Waals surface area (Å²) in [7, 11) is 4.07. The Morgan fingerprint density at radius 2 is 2.07 bits per heavy atom. The smallest absolute Gasteiger partial charge is 0.193 e. The summed E-state index contributed by atoms with van der Waals surface area (Å²) < 4.78 is 0. The Labute approximate surface area is 168 Å². The lowest BCUT2D eigenvalue weighted by atomic mass is 10.1. The minimum Gasteiger partial charge on any atom is -0.354 e. The van der Waals surface area contributed by atoms with E-state index < -0.39 is 0 Å². The van der Waals surface area contributed by atoms with Gasteiger partial charge in [-0.3, -0.25) is 4.99 Å². The SMILES string of the molecule is CN=C(NCc1cccnc1N1CCN(C)CC1)N1CCSC(C(C)C)C1. The molecule has 27 heavy (non-hydrogen) atoms. The zero-order chi connectivity index (χ0) is 19.2. The fraction of sp³-hybridized carbons (Fsp3) is 0.700. The molecule has 1 unspecified atom stereocenters. The molecular weight excluding hydrogens is 356 g/mol. The Kier molecular flexibility index (Phi) is 7.24. The van der Waals surface area contributed by atoms with Gasteiger partial charge in [-0.05, 0) is 19.0 Å². The maximum atomic E-state index is 4.69. The molecule has 0 amide bonds. The third kappa shape index (κ3) is 5.29. The summed E-state index contributed by atoms with van der Waals surface area (Å²) in [4.78, 5) is 16.4. The summed E-state index contributed by atoms with van der Waals surface area (Å²) in [6.45, 7) is 11.8. The molecule has 2 fully saturated rings. The highest BCUT2D eigenvalue weighted by Gasteiger charge is 2.25. The fourth-order valence-electron chi connectivity index (χ4n) is 3.65. The predicted octanol–water partition coefficient (Wildman–Crippen LogP) is 1.98. The zero-order valence-electron chi connectivity index (χ0n) is 17.2. The van der Waals surface area contributed by atoms with Gasteiger partial charge in [-0.15, -0.1) is 0 Å². The van der Waals surface area contributed by atoms with E-state index in [1.54, 1.807) is 0 Å². The Balaban J connectivity index is 1.63. The maximum Gasteiger partial charge on any atom is 0.193 e. The molecule has 2 aliphatic rings. The van der Waals surface area contributed by atoms with Gasteiger partial charge >= 0.3 is 0 Å². The van der Waals surface area contributed by atoms with Gasteiger partial charge in [0.25, 0.3) is 0 Å². The van der Waals surface area contributed by atoms with Gasteiger partial charge < -0.3 is 20.0 Å². The minimum atomic E-state index is 0.677. The molecule has 0 aliphatic carbocycles. The van der Waals surface area contributed by atoms with Crippen LogP contribution in [0.1, 0.15) is 19.4 Å². The van der Waals surface area contributed by atoms with Gasteiger partial charge in [0.05, 0.1) is 0 Å². The molecule has 6 nitrogen and oxygen atoms in total. The summed E-state index contributed by atoms with van der Waals surface area (Å²) in [6, 6.07) is 4.22. The third-order valence-electron chi connectivity index (χ3n) is 5.46. The average Bonchev–Trinajstić information content (AvgIpc) is 2.70. The van der Waals surface area contributed by atoms with Crippen LogP contribution in [0.2, 0.25) is 0 Å². The van der Waals surface area contributed by atoms with Crippen LogP contribution in [0.15, 0.2) is 23.3 Å². The molecular formula is C20H34N6S. The Morgan fingerprint density at radius 1 is 1.30 bits per heavy atom. The van der Waals surface area contributed by atoms with Crippen LogP contribution in [0.25, 0.3) is 0 Å². The molecule has 1 N–H and O–H groups in total. The average molecular weight is 391 g/mol. The number of nitrogens with zero attached hydrogens (tertiary/aromatic N) is 5. The van der Waals surface area contributed by atoms with Crippen molar-refractivity contribution in [2.45, 2.75) is 25.6 Å². The van der Waals surface area contributed by atoms with E-state index in [1.165, 1.54) is 11.3 Å². The number of likely N-dealkylation sites (N-methyl/N-ethyl adjacent to an activating group) is 1. The molecule has 0 spiro atoms. The number of rotatable bonds is 4. The quantitative estimate of drug-likeness (QED) is 0.627. The number of anilines is 1. The zero-order valence-corrected chi connectivity index (χ0v) is 18.0. The van der Waals surface area contributed by atoms with Crippen LogP contribution in [-0.2, 0) is 6.54 Å². The molecule has 0 bridgehead atoms. The third-order valence-corrected chi connectivity index (χ3v) is 7.00. The summed E-state index contributed by atoms with van der Waals surface area (Å²) in [6.07, 6.45) is 1.90. The number of piperazine rings is 1. The predicted molar refractivity (Wildman–Crippen MR) is 117 cm³/mol. The highest BCUT2D eigenvalue weighted by atomic mass is 32.2. The van der Waals surface area contributed by atoms with E-state index >= 15 is 0 Å². The summed E-state index contributed by atoms with van der Waals surface area (Å²) in [5.41, 5.74) is 1.25. The second kappa shape index (κ2) is 9.64. The molecule has 7 heteroatoms. The topological polar surface area (TPSA) is 47.0 Å². The van der Waals surface area contributed by atoms with Crippen LogP contribution >= 0.6 is 11.8 Å². The van der Waals surface area contributed by atoms with Crippen molar-refractivity contribution in [3.8, 4) is 0 Å². The first-order chi connectivity index (χ1) is 13.1. The molecule has 1 aromatic rings. The van der Waals surface area contributed by atoms with Crippen LogP contribution in [0.5, 0.6) is 0 Å². The number of hydrogen-bond donors (Lipinski definition) is 1. The molecule has 0 radical (unpaired) electrons. The highest BCUT2D eigenvalue weighted by molar-refractivity contribution is 8.00. The monoisotopic (exact) mass is 390 g/mol. The van der Waals surface area contributed by atoms with E-state index in [0.29, 0.717) is 11.2 Å². The number of thioether (sulfide) groups is 1. The first-order valence-electron chi connectivity index (χ1n) is 10.0. The van der Waals surface area contributed by atoms with Crippen molar-refractivity contribution in [1.82, 2.24) is 20.1 Å². The molecule has 1 aromatic heterocycles. The molecule has 1 atom stereocenters. The number of aromatic nitrogens is 1. The van der Waals surface area contributed by atoms with Crippen molar-refractivity contribution in [3.63, 3.8) is 0 Å². The fourth-order valence-corrected chi connectivity index (χ4v) is 4.95. The minimum absolute atomic E-state index is 0.677. The number of pyridine rings is 1. The lowest BCUT2D eigenvalue weighted by molar-refractivity contribution is 0.311. The molecule has 3 heterocycles. The number of guanidine groups is 1. The van der Waals surface area contributed by atoms with Gasteiger partial charge in [0.2, 0.25) is 0 Å². The lowest BCUT2D eigenvalue weighted by Gasteiger charge is -2.37. The Hall–Kier alpha value is -1.47. The van der Waals surface area contributed by atoms with E-state index in [4.69, 9.17) is 0 Å². The van der Waals surface area contributed by atoms with E-state index in [-0.39, 0.29) is 0 Å². The summed E-state index contributed by atoms with van der Waals surface area (Å²) >= 11 is 2.09. The van der Waals surface area contributed by atoms with Crippen molar-refractivity contribution in [2.24, 2.45) is 10.9 Å². The number of nitrogens with one attached hydrogen (secondary N) is 1. The largest absolute Gasteiger partial charge is 0.354 e. The number of hydrogen-bond acceptors (Lipinski definition) is 5. The molecule has 0 aromatic carbocycles. The molecule has 2 aliphatic heterocycles. The van der Waals surface area contributed by atoms with Crippen molar-refractivity contribution < 1.29 is 0 Å². The van der Waals surface area contributed by atoms with Gasteiger partial charge in [-0.1, -0.05) is 19.9 Å². The second-order valence-corrected chi connectivity index (χ2v) is 9.12. The van der Waals surface area contributed by atoms with Crippen molar-refractivity contribution in [3.05, 3.63) is 23.9 Å². The van der Waals surface area contributed by atoms with Crippen molar-refractivity contribution in [2.75, 3.05) is 64.0 Å². The molecule has 2 saturated heterocycles. The Bertz CT molecular complexity index is 627. The summed E-state index contributed by atoms with van der Waals surface area (Å²) in [5, 5.41) is 4.27. The second-order valence-electron chi connectivity index (χ2n) is 7.78. The van der Waals surface area contributed by atoms with E-state index in [9.17, 15) is 0 Å². The van der Waals surface area contributed by atoms with Gasteiger partial charge in [-0.2, -0.15) is 11.8 Å². The van der Waals surface area contributed by atoms with Crippen molar-refractivity contribution >= 4 is 23.5 Å². The Morgan fingerprint density at radius 3 is 2.78 bits per heavy atom.